The number of benzene rings is 2. The lowest BCUT2D eigenvalue weighted by atomic mass is 10.2. The molecule has 2 heterocycles. The molecule has 0 bridgehead atoms. The molecular weight excluding hydrogens is 542 g/mol. The number of hydrogen-bond donors (Lipinski definition) is 1. The summed E-state index contributed by atoms with van der Waals surface area (Å²) >= 11 is 6.79. The van der Waals surface area contributed by atoms with Crippen LogP contribution < -0.4 is 15.6 Å². The molecule has 0 saturated carbocycles. The summed E-state index contributed by atoms with van der Waals surface area (Å²) in [6, 6.07) is 13.0. The van der Waals surface area contributed by atoms with Crippen LogP contribution in [0, 0.1) is 0 Å². The van der Waals surface area contributed by atoms with Gasteiger partial charge in [0.1, 0.15) is 17.5 Å². The molecule has 0 fully saturated rings. The average molecular weight is 561 g/mol. The molecule has 10 heteroatoms. The fourth-order valence-electron chi connectivity index (χ4n) is 3.24. The summed E-state index contributed by atoms with van der Waals surface area (Å²) < 4.78 is 10.0. The zero-order chi connectivity index (χ0) is 22.7. The molecule has 32 heavy (non-hydrogen) atoms. The monoisotopic (exact) mass is 559 g/mol. The average Bonchev–Trinajstić information content (AvgIpc) is 3.21. The lowest BCUT2D eigenvalue weighted by Crippen LogP contribution is -2.28. The van der Waals surface area contributed by atoms with Gasteiger partial charge in [0.25, 0.3) is 11.5 Å². The maximum absolute atomic E-state index is 12.9. The molecule has 4 rings (SSSR count). The fourth-order valence-corrected chi connectivity index (χ4v) is 3.93. The van der Waals surface area contributed by atoms with Gasteiger partial charge in [-0.2, -0.15) is 5.10 Å². The van der Waals surface area contributed by atoms with Crippen LogP contribution in [0.4, 0.5) is 0 Å². The van der Waals surface area contributed by atoms with Gasteiger partial charge in [-0.25, -0.2) is 9.67 Å². The van der Waals surface area contributed by atoms with Crippen molar-refractivity contribution in [2.75, 3.05) is 13.7 Å². The smallest absolute Gasteiger partial charge is 0.264 e. The van der Waals surface area contributed by atoms with E-state index in [1.54, 1.807) is 34.6 Å². The van der Waals surface area contributed by atoms with Gasteiger partial charge in [0.05, 0.1) is 32.0 Å². The summed E-state index contributed by atoms with van der Waals surface area (Å²) in [6.45, 7) is 1.12. The van der Waals surface area contributed by atoms with E-state index >= 15 is 0 Å². The maximum atomic E-state index is 12.9. The minimum atomic E-state index is -0.239. The molecule has 0 radical (unpaired) electrons. The maximum Gasteiger partial charge on any atom is 0.264 e. The highest BCUT2D eigenvalue weighted by Crippen LogP contribution is 2.22. The van der Waals surface area contributed by atoms with Crippen molar-refractivity contribution in [3.8, 4) is 5.75 Å². The van der Waals surface area contributed by atoms with Crippen LogP contribution in [0.2, 0.25) is 0 Å². The second kappa shape index (κ2) is 9.66. The molecular formula is C22H19Br2N5O3. The van der Waals surface area contributed by atoms with Crippen LogP contribution >= 0.6 is 31.9 Å². The lowest BCUT2D eigenvalue weighted by Gasteiger charge is -2.09. The van der Waals surface area contributed by atoms with E-state index in [-0.39, 0.29) is 11.5 Å². The Balaban J connectivity index is 1.45. The van der Waals surface area contributed by atoms with Gasteiger partial charge < -0.3 is 10.1 Å². The number of aromatic nitrogens is 4. The number of rotatable bonds is 7. The number of halogens is 2. The zero-order valence-electron chi connectivity index (χ0n) is 17.1. The summed E-state index contributed by atoms with van der Waals surface area (Å²) in [5.41, 5.74) is 1.80. The number of ether oxygens (including phenoxy) is 1. The van der Waals surface area contributed by atoms with E-state index < -0.39 is 0 Å². The number of carbonyl (C=O) groups is 1. The Bertz CT molecular complexity index is 1330. The van der Waals surface area contributed by atoms with Gasteiger partial charge in [-0.15, -0.1) is 0 Å². The van der Waals surface area contributed by atoms with Crippen LogP contribution in [0.25, 0.3) is 11.0 Å². The molecule has 0 unspecified atom stereocenters. The van der Waals surface area contributed by atoms with Crippen molar-refractivity contribution in [3.63, 3.8) is 0 Å². The lowest BCUT2D eigenvalue weighted by molar-refractivity contribution is 0.0951. The van der Waals surface area contributed by atoms with E-state index in [2.05, 4.69) is 47.3 Å². The standard InChI is InChI=1S/C22H19Br2N5O3/c1-32-16-6-7-19(24)17(10-16)21(30)25-8-9-29-20-18(11-27-29)22(31)28(13-26-20)12-14-2-4-15(23)5-3-14/h2-7,10-11,13H,8-9,12H2,1H3,(H,25,30). The van der Waals surface area contributed by atoms with Gasteiger partial charge in [-0.05, 0) is 51.8 Å². The van der Waals surface area contributed by atoms with Crippen LogP contribution in [0.15, 0.2) is 68.7 Å². The quantitative estimate of drug-likeness (QED) is 0.373. The first kappa shape index (κ1) is 22.2. The molecule has 0 saturated heterocycles. The summed E-state index contributed by atoms with van der Waals surface area (Å²) in [5, 5.41) is 7.58. The summed E-state index contributed by atoms with van der Waals surface area (Å²) in [4.78, 5) is 29.8. The third-order valence-corrected chi connectivity index (χ3v) is 6.14. The number of methoxy groups -OCH3 is 1. The number of amides is 1. The van der Waals surface area contributed by atoms with Gasteiger partial charge in [0, 0.05) is 15.5 Å². The third-order valence-electron chi connectivity index (χ3n) is 4.92. The first-order valence-electron chi connectivity index (χ1n) is 9.73. The second-order valence-electron chi connectivity index (χ2n) is 7.01. The Hall–Kier alpha value is -2.98. The second-order valence-corrected chi connectivity index (χ2v) is 8.78. The van der Waals surface area contributed by atoms with Crippen molar-refractivity contribution in [1.29, 1.82) is 0 Å². The molecule has 8 nitrogen and oxygen atoms in total. The zero-order valence-corrected chi connectivity index (χ0v) is 20.3. The van der Waals surface area contributed by atoms with Crippen molar-refractivity contribution in [2.24, 2.45) is 0 Å². The third kappa shape index (κ3) is 4.76. The summed E-state index contributed by atoms with van der Waals surface area (Å²) in [5.74, 6) is 0.358. The van der Waals surface area contributed by atoms with Crippen molar-refractivity contribution in [3.05, 3.63) is 85.4 Å². The normalized spacial score (nSPS) is 11.0. The predicted molar refractivity (Wildman–Crippen MR) is 128 cm³/mol. The molecule has 2 aromatic heterocycles. The summed E-state index contributed by atoms with van der Waals surface area (Å²) in [7, 11) is 1.55. The van der Waals surface area contributed by atoms with Crippen LogP contribution in [-0.4, -0.2) is 38.9 Å². The van der Waals surface area contributed by atoms with Gasteiger partial charge in [0.15, 0.2) is 5.65 Å². The Morgan fingerprint density at radius 2 is 1.94 bits per heavy atom. The number of nitrogens with one attached hydrogen (secondary N) is 1. The minimum absolute atomic E-state index is 0.159. The molecule has 0 aliphatic rings. The fraction of sp³-hybridized carbons (Fsp3) is 0.182. The minimum Gasteiger partial charge on any atom is -0.497 e. The molecule has 164 valence electrons. The van der Waals surface area contributed by atoms with E-state index in [0.717, 1.165) is 10.0 Å². The van der Waals surface area contributed by atoms with Crippen LogP contribution in [-0.2, 0) is 13.1 Å². The highest BCUT2D eigenvalue weighted by Gasteiger charge is 2.13. The number of hydrogen-bond acceptors (Lipinski definition) is 5. The van der Waals surface area contributed by atoms with Crippen LogP contribution in [0.1, 0.15) is 15.9 Å². The van der Waals surface area contributed by atoms with E-state index in [1.807, 2.05) is 24.3 Å². The molecule has 0 aliphatic carbocycles. The molecule has 4 aromatic rings. The Labute approximate surface area is 200 Å². The van der Waals surface area contributed by atoms with Gasteiger partial charge in [0.2, 0.25) is 0 Å². The Morgan fingerprint density at radius 1 is 1.16 bits per heavy atom. The number of nitrogens with zero attached hydrogens (tertiary/aromatic N) is 4. The van der Waals surface area contributed by atoms with E-state index in [0.29, 0.717) is 46.5 Å². The molecule has 0 aliphatic heterocycles. The molecule has 0 spiro atoms. The largest absolute Gasteiger partial charge is 0.497 e. The highest BCUT2D eigenvalue weighted by molar-refractivity contribution is 9.10. The Morgan fingerprint density at radius 3 is 2.69 bits per heavy atom. The van der Waals surface area contributed by atoms with Gasteiger partial charge >= 0.3 is 0 Å². The SMILES string of the molecule is COc1ccc(Br)c(C(=O)NCCn2ncc3c(=O)n(Cc4ccc(Br)cc4)cnc32)c1. The summed E-state index contributed by atoms with van der Waals surface area (Å²) in [6.07, 6.45) is 3.04. The van der Waals surface area contributed by atoms with Gasteiger partial charge in [-0.3, -0.25) is 14.2 Å². The molecule has 1 amide bonds. The first-order valence-corrected chi connectivity index (χ1v) is 11.3. The molecule has 1 N–H and O–H groups in total. The Kier molecular flexibility index (Phi) is 6.71. The van der Waals surface area contributed by atoms with Crippen molar-refractivity contribution < 1.29 is 9.53 Å². The highest BCUT2D eigenvalue weighted by atomic mass is 79.9. The molecule has 2 aromatic carbocycles. The van der Waals surface area contributed by atoms with Crippen LogP contribution in [0.5, 0.6) is 5.75 Å². The molecule has 0 atom stereocenters. The van der Waals surface area contributed by atoms with Crippen molar-refractivity contribution in [2.45, 2.75) is 13.1 Å². The topological polar surface area (TPSA) is 91.0 Å². The van der Waals surface area contributed by atoms with E-state index in [4.69, 9.17) is 4.74 Å². The first-order chi connectivity index (χ1) is 15.5. The number of carbonyl (C=O) groups excluding carboxylic acids is 1. The van der Waals surface area contributed by atoms with Gasteiger partial charge in [-0.1, -0.05) is 28.1 Å². The van der Waals surface area contributed by atoms with E-state index in [9.17, 15) is 9.59 Å². The van der Waals surface area contributed by atoms with Crippen molar-refractivity contribution in [1.82, 2.24) is 24.6 Å². The van der Waals surface area contributed by atoms with Crippen LogP contribution in [0.3, 0.4) is 0 Å². The van der Waals surface area contributed by atoms with E-state index in [1.165, 1.54) is 12.5 Å². The number of fused-ring (bicyclic) bond motifs is 1. The van der Waals surface area contributed by atoms with Crippen molar-refractivity contribution >= 4 is 48.8 Å². The predicted octanol–water partition coefficient (Wildman–Crippen LogP) is 3.60.